The Balaban J connectivity index is 1.78. The molecule has 1 N–H and O–H groups in total. The first-order valence-corrected chi connectivity index (χ1v) is 8.21. The summed E-state index contributed by atoms with van der Waals surface area (Å²) in [5.41, 5.74) is -0.224. The van der Waals surface area contributed by atoms with E-state index in [1.165, 1.54) is 0 Å². The van der Waals surface area contributed by atoms with E-state index in [2.05, 4.69) is 26.3 Å². The molecule has 23 heavy (non-hydrogen) atoms. The van der Waals surface area contributed by atoms with Crippen LogP contribution >= 0.6 is 27.3 Å². The molecule has 0 aliphatic heterocycles. The van der Waals surface area contributed by atoms with Crippen molar-refractivity contribution >= 4 is 39.0 Å². The number of rotatable bonds is 4. The van der Waals surface area contributed by atoms with E-state index in [9.17, 15) is 13.6 Å². The second kappa shape index (κ2) is 6.59. The highest BCUT2D eigenvalue weighted by atomic mass is 79.9. The summed E-state index contributed by atoms with van der Waals surface area (Å²) < 4.78 is 29.1. The van der Waals surface area contributed by atoms with Crippen LogP contribution in [0.4, 0.5) is 14.6 Å². The summed E-state index contributed by atoms with van der Waals surface area (Å²) >= 11 is 4.93. The molecule has 0 aliphatic rings. The van der Waals surface area contributed by atoms with E-state index >= 15 is 0 Å². The van der Waals surface area contributed by atoms with Crippen molar-refractivity contribution in [3.63, 3.8) is 0 Å². The molecule has 3 rings (SSSR count). The zero-order valence-corrected chi connectivity index (χ0v) is 14.0. The van der Waals surface area contributed by atoms with Gasteiger partial charge in [-0.25, -0.2) is 13.5 Å². The highest BCUT2D eigenvalue weighted by molar-refractivity contribution is 9.10. The average Bonchev–Trinajstić information content (AvgIpc) is 3.09. The van der Waals surface area contributed by atoms with Gasteiger partial charge >= 0.3 is 0 Å². The number of amides is 1. The third kappa shape index (κ3) is 3.65. The molecule has 1 aromatic carbocycles. The maximum Gasteiger partial charge on any atom is 0.259 e. The lowest BCUT2D eigenvalue weighted by Gasteiger charge is -2.08. The first-order chi connectivity index (χ1) is 11.0. The van der Waals surface area contributed by atoms with Crippen molar-refractivity contribution in [2.75, 3.05) is 5.32 Å². The third-order valence-corrected chi connectivity index (χ3v) is 4.74. The summed E-state index contributed by atoms with van der Waals surface area (Å²) in [5.74, 6) is -1.86. The Hall–Kier alpha value is -2.06. The van der Waals surface area contributed by atoms with E-state index in [4.69, 9.17) is 0 Å². The lowest BCUT2D eigenvalue weighted by molar-refractivity contribution is 0.102. The summed E-state index contributed by atoms with van der Waals surface area (Å²) in [6.07, 6.45) is 1.54. The van der Waals surface area contributed by atoms with E-state index in [0.29, 0.717) is 18.4 Å². The molecule has 0 saturated heterocycles. The van der Waals surface area contributed by atoms with Gasteiger partial charge in [-0.2, -0.15) is 5.10 Å². The Morgan fingerprint density at radius 1 is 1.30 bits per heavy atom. The molecule has 0 bridgehead atoms. The molecule has 8 heteroatoms. The Bertz CT molecular complexity index is 862. The summed E-state index contributed by atoms with van der Waals surface area (Å²) in [6.45, 7) is 0.477. The molecule has 0 unspecified atom stereocenters. The minimum absolute atomic E-state index is 0.224. The SMILES string of the molecule is O=C(Nc1ccnn1Cc1cc(Br)cs1)c1ccc(F)cc1F. The van der Waals surface area contributed by atoms with Crippen LogP contribution in [-0.2, 0) is 6.54 Å². The molecule has 0 radical (unpaired) electrons. The number of hydrogen-bond acceptors (Lipinski definition) is 3. The lowest BCUT2D eigenvalue weighted by atomic mass is 10.2. The number of nitrogens with zero attached hydrogens (tertiary/aromatic N) is 2. The Morgan fingerprint density at radius 2 is 2.13 bits per heavy atom. The van der Waals surface area contributed by atoms with Crippen molar-refractivity contribution in [2.24, 2.45) is 0 Å². The Kier molecular flexibility index (Phi) is 4.53. The van der Waals surface area contributed by atoms with E-state index in [1.54, 1.807) is 28.3 Å². The minimum Gasteiger partial charge on any atom is -0.307 e. The highest BCUT2D eigenvalue weighted by Crippen LogP contribution is 2.22. The van der Waals surface area contributed by atoms with Crippen molar-refractivity contribution in [1.29, 1.82) is 0 Å². The van der Waals surface area contributed by atoms with Crippen LogP contribution in [0.25, 0.3) is 0 Å². The van der Waals surface area contributed by atoms with E-state index in [-0.39, 0.29) is 5.56 Å². The zero-order valence-electron chi connectivity index (χ0n) is 11.6. The summed E-state index contributed by atoms with van der Waals surface area (Å²) in [4.78, 5) is 13.2. The van der Waals surface area contributed by atoms with E-state index in [1.807, 2.05) is 11.4 Å². The topological polar surface area (TPSA) is 46.9 Å². The second-order valence-corrected chi connectivity index (χ2v) is 6.60. The fourth-order valence-corrected chi connectivity index (χ4v) is 3.44. The average molecular weight is 398 g/mol. The summed E-state index contributed by atoms with van der Waals surface area (Å²) in [7, 11) is 0. The maximum atomic E-state index is 13.7. The molecular weight excluding hydrogens is 388 g/mol. The van der Waals surface area contributed by atoms with Crippen molar-refractivity contribution in [3.8, 4) is 0 Å². The van der Waals surface area contributed by atoms with Crippen LogP contribution in [0.15, 0.2) is 46.4 Å². The molecule has 118 valence electrons. The molecule has 0 saturated carbocycles. The molecule has 0 atom stereocenters. The van der Waals surface area contributed by atoms with Crippen molar-refractivity contribution in [2.45, 2.75) is 6.54 Å². The van der Waals surface area contributed by atoms with Crippen molar-refractivity contribution in [3.05, 3.63) is 68.5 Å². The van der Waals surface area contributed by atoms with Gasteiger partial charge in [-0.05, 0) is 34.1 Å². The van der Waals surface area contributed by atoms with Gasteiger partial charge in [0.05, 0.1) is 18.3 Å². The zero-order chi connectivity index (χ0) is 16.4. The Labute approximate surface area is 142 Å². The number of hydrogen-bond donors (Lipinski definition) is 1. The number of carbonyl (C=O) groups excluding carboxylic acids is 1. The number of benzene rings is 1. The predicted molar refractivity (Wildman–Crippen MR) is 87.7 cm³/mol. The first-order valence-electron chi connectivity index (χ1n) is 6.54. The van der Waals surface area contributed by atoms with E-state index in [0.717, 1.165) is 21.5 Å². The van der Waals surface area contributed by atoms with Gasteiger partial charge in [-0.1, -0.05) is 0 Å². The van der Waals surface area contributed by atoms with Gasteiger partial charge in [0.15, 0.2) is 0 Å². The van der Waals surface area contributed by atoms with Crippen LogP contribution in [-0.4, -0.2) is 15.7 Å². The molecule has 0 spiro atoms. The van der Waals surface area contributed by atoms with Crippen molar-refractivity contribution in [1.82, 2.24) is 9.78 Å². The number of aromatic nitrogens is 2. The highest BCUT2D eigenvalue weighted by Gasteiger charge is 2.15. The van der Waals surface area contributed by atoms with Gasteiger partial charge in [-0.15, -0.1) is 11.3 Å². The monoisotopic (exact) mass is 397 g/mol. The molecule has 0 fully saturated rings. The number of halogens is 3. The van der Waals surface area contributed by atoms with E-state index < -0.39 is 17.5 Å². The molecule has 3 aromatic rings. The Morgan fingerprint density at radius 3 is 2.83 bits per heavy atom. The van der Waals surface area contributed by atoms with Crippen molar-refractivity contribution < 1.29 is 13.6 Å². The lowest BCUT2D eigenvalue weighted by Crippen LogP contribution is -2.17. The molecule has 4 nitrogen and oxygen atoms in total. The van der Waals surface area contributed by atoms with Crippen LogP contribution in [0.2, 0.25) is 0 Å². The third-order valence-electron chi connectivity index (χ3n) is 3.06. The van der Waals surface area contributed by atoms with Gasteiger partial charge in [0.25, 0.3) is 5.91 Å². The first kappa shape index (κ1) is 15.8. The van der Waals surface area contributed by atoms with Crippen LogP contribution in [0.3, 0.4) is 0 Å². The standard InChI is InChI=1S/C15H10BrF2N3OS/c16-9-5-11(23-8-9)7-21-14(3-4-19-21)20-15(22)12-2-1-10(17)6-13(12)18/h1-6,8H,7H2,(H,20,22). The second-order valence-electron chi connectivity index (χ2n) is 4.68. The molecule has 0 aliphatic carbocycles. The predicted octanol–water partition coefficient (Wildman–Crippen LogP) is 4.29. The van der Waals surface area contributed by atoms with Crippen LogP contribution in [0.1, 0.15) is 15.2 Å². The summed E-state index contributed by atoms with van der Waals surface area (Å²) in [5, 5.41) is 8.68. The van der Waals surface area contributed by atoms with Gasteiger partial charge in [0, 0.05) is 26.9 Å². The molecular formula is C15H10BrF2N3OS. The normalized spacial score (nSPS) is 10.7. The quantitative estimate of drug-likeness (QED) is 0.713. The largest absolute Gasteiger partial charge is 0.307 e. The van der Waals surface area contributed by atoms with Crippen LogP contribution in [0, 0.1) is 11.6 Å². The fourth-order valence-electron chi connectivity index (χ4n) is 2.01. The summed E-state index contributed by atoms with van der Waals surface area (Å²) in [6, 6.07) is 6.39. The number of carbonyl (C=O) groups is 1. The molecule has 2 heterocycles. The van der Waals surface area contributed by atoms with Crippen LogP contribution < -0.4 is 5.32 Å². The smallest absolute Gasteiger partial charge is 0.259 e. The minimum atomic E-state index is -0.907. The number of thiophene rings is 1. The molecule has 2 aromatic heterocycles. The van der Waals surface area contributed by atoms with Gasteiger partial charge in [0.1, 0.15) is 17.5 Å². The maximum absolute atomic E-state index is 13.7. The fraction of sp³-hybridized carbons (Fsp3) is 0.0667. The van der Waals surface area contributed by atoms with Gasteiger partial charge < -0.3 is 5.32 Å². The van der Waals surface area contributed by atoms with Gasteiger partial charge in [0.2, 0.25) is 0 Å². The number of anilines is 1. The van der Waals surface area contributed by atoms with Gasteiger partial charge in [-0.3, -0.25) is 4.79 Å². The number of nitrogens with one attached hydrogen (secondary N) is 1. The van der Waals surface area contributed by atoms with Crippen LogP contribution in [0.5, 0.6) is 0 Å². The molecule has 1 amide bonds.